The molecule has 0 aliphatic heterocycles. The van der Waals surface area contributed by atoms with Crippen LogP contribution in [0.2, 0.25) is 5.02 Å². The minimum atomic E-state index is -0.267. The lowest BCUT2D eigenvalue weighted by molar-refractivity contribution is -0.114. The van der Waals surface area contributed by atoms with E-state index in [1.54, 1.807) is 24.3 Å². The lowest BCUT2D eigenvalue weighted by atomic mass is 10.2. The van der Waals surface area contributed by atoms with E-state index in [1.807, 2.05) is 18.2 Å². The molecule has 0 aliphatic carbocycles. The summed E-state index contributed by atoms with van der Waals surface area (Å²) in [7, 11) is 0. The Kier molecular flexibility index (Phi) is 6.24. The normalized spacial score (nSPS) is 9.88. The van der Waals surface area contributed by atoms with E-state index in [4.69, 9.17) is 16.9 Å². The quantitative estimate of drug-likeness (QED) is 0.793. The first-order chi connectivity index (χ1) is 11.5. The molecule has 0 fully saturated rings. The number of para-hydroxylation sites is 1. The monoisotopic (exact) mass is 359 g/mol. The van der Waals surface area contributed by atoms with E-state index in [0.29, 0.717) is 22.0 Å². The molecule has 0 bridgehead atoms. The summed E-state index contributed by atoms with van der Waals surface area (Å²) < 4.78 is 0. The molecule has 24 heavy (non-hydrogen) atoms. The minimum absolute atomic E-state index is 0.133. The van der Waals surface area contributed by atoms with Crippen LogP contribution < -0.4 is 10.6 Å². The molecular formula is C17H14ClN3O2S. The molecule has 0 saturated heterocycles. The molecule has 0 atom stereocenters. The highest BCUT2D eigenvalue weighted by atomic mass is 35.5. The van der Waals surface area contributed by atoms with E-state index in [9.17, 15) is 9.59 Å². The second-order valence-electron chi connectivity index (χ2n) is 4.82. The number of amides is 2. The van der Waals surface area contributed by atoms with Crippen LogP contribution in [0.5, 0.6) is 0 Å². The van der Waals surface area contributed by atoms with Crippen LogP contribution in [0, 0.1) is 11.3 Å². The number of anilines is 2. The fraction of sp³-hybridized carbons (Fsp3) is 0.118. The van der Waals surface area contributed by atoms with Gasteiger partial charge in [0.2, 0.25) is 11.8 Å². The fourth-order valence-corrected chi connectivity index (χ4v) is 2.91. The summed E-state index contributed by atoms with van der Waals surface area (Å²) in [4.78, 5) is 24.1. The van der Waals surface area contributed by atoms with Crippen LogP contribution in [0.4, 0.5) is 11.4 Å². The molecule has 2 aromatic carbocycles. The number of hydrogen-bond acceptors (Lipinski definition) is 4. The predicted octanol–water partition coefficient (Wildman–Crippen LogP) is 3.90. The number of thioether (sulfide) groups is 1. The molecule has 0 heterocycles. The van der Waals surface area contributed by atoms with Gasteiger partial charge in [-0.05, 0) is 30.3 Å². The van der Waals surface area contributed by atoms with Crippen molar-refractivity contribution in [2.45, 2.75) is 11.8 Å². The van der Waals surface area contributed by atoms with Crippen molar-refractivity contribution in [2.24, 2.45) is 0 Å². The molecule has 2 N–H and O–H groups in total. The van der Waals surface area contributed by atoms with E-state index in [2.05, 4.69) is 10.6 Å². The average molecular weight is 360 g/mol. The van der Waals surface area contributed by atoms with Gasteiger partial charge >= 0.3 is 0 Å². The first-order valence-corrected chi connectivity index (χ1v) is 8.35. The van der Waals surface area contributed by atoms with Gasteiger partial charge in [-0.3, -0.25) is 9.59 Å². The highest BCUT2D eigenvalue weighted by molar-refractivity contribution is 8.00. The SMILES string of the molecule is CC(=O)Nc1ccccc1SCC(=O)Nc1cc(Cl)ccc1C#N. The van der Waals surface area contributed by atoms with E-state index >= 15 is 0 Å². The summed E-state index contributed by atoms with van der Waals surface area (Å²) in [6.07, 6.45) is 0. The minimum Gasteiger partial charge on any atom is -0.325 e. The molecular weight excluding hydrogens is 346 g/mol. The Morgan fingerprint density at radius 3 is 2.62 bits per heavy atom. The van der Waals surface area contributed by atoms with E-state index < -0.39 is 0 Å². The number of carbonyl (C=O) groups is 2. The van der Waals surface area contributed by atoms with E-state index in [-0.39, 0.29) is 17.6 Å². The van der Waals surface area contributed by atoms with Gasteiger partial charge in [0.05, 0.1) is 22.7 Å². The standard InChI is InChI=1S/C17H14ClN3O2S/c1-11(22)20-14-4-2-3-5-16(14)24-10-17(23)21-15-8-13(18)7-6-12(15)9-19/h2-8H,10H2,1H3,(H,20,22)(H,21,23). The molecule has 0 aliphatic rings. The number of nitrogens with zero attached hydrogens (tertiary/aromatic N) is 1. The number of carbonyl (C=O) groups excluding carboxylic acids is 2. The van der Waals surface area contributed by atoms with Gasteiger partial charge in [-0.15, -0.1) is 11.8 Å². The molecule has 0 radical (unpaired) electrons. The van der Waals surface area contributed by atoms with Crippen molar-refractivity contribution in [3.05, 3.63) is 53.1 Å². The van der Waals surface area contributed by atoms with Crippen LogP contribution in [-0.2, 0) is 9.59 Å². The predicted molar refractivity (Wildman–Crippen MR) is 96.3 cm³/mol. The lowest BCUT2D eigenvalue weighted by Crippen LogP contribution is -2.15. The molecule has 2 rings (SSSR count). The summed E-state index contributed by atoms with van der Waals surface area (Å²) >= 11 is 7.18. The maximum absolute atomic E-state index is 12.1. The van der Waals surface area contributed by atoms with Crippen LogP contribution >= 0.6 is 23.4 Å². The second kappa shape index (κ2) is 8.39. The molecule has 7 heteroatoms. The van der Waals surface area contributed by atoms with Crippen molar-refractivity contribution >= 4 is 46.6 Å². The summed E-state index contributed by atoms with van der Waals surface area (Å²) in [6.45, 7) is 1.43. The highest BCUT2D eigenvalue weighted by Gasteiger charge is 2.10. The molecule has 0 spiro atoms. The highest BCUT2D eigenvalue weighted by Crippen LogP contribution is 2.27. The molecule has 2 amide bonds. The third kappa shape index (κ3) is 5.01. The largest absolute Gasteiger partial charge is 0.325 e. The Balaban J connectivity index is 2.03. The van der Waals surface area contributed by atoms with Crippen LogP contribution in [0.15, 0.2) is 47.4 Å². The third-order valence-electron chi connectivity index (χ3n) is 2.93. The van der Waals surface area contributed by atoms with Crippen LogP contribution in [-0.4, -0.2) is 17.6 Å². The molecule has 0 aromatic heterocycles. The van der Waals surface area contributed by atoms with E-state index in [0.717, 1.165) is 4.90 Å². The molecule has 5 nitrogen and oxygen atoms in total. The van der Waals surface area contributed by atoms with Gasteiger partial charge in [0.25, 0.3) is 0 Å². The number of hydrogen-bond donors (Lipinski definition) is 2. The lowest BCUT2D eigenvalue weighted by Gasteiger charge is -2.10. The van der Waals surface area contributed by atoms with Gasteiger partial charge in [0.1, 0.15) is 6.07 Å². The van der Waals surface area contributed by atoms with Crippen LogP contribution in [0.25, 0.3) is 0 Å². The Labute approximate surface area is 149 Å². The Morgan fingerprint density at radius 1 is 1.17 bits per heavy atom. The number of rotatable bonds is 5. The first kappa shape index (κ1) is 17.9. The van der Waals surface area contributed by atoms with Gasteiger partial charge in [0, 0.05) is 16.8 Å². The second-order valence-corrected chi connectivity index (χ2v) is 6.27. The van der Waals surface area contributed by atoms with Crippen molar-refractivity contribution in [3.63, 3.8) is 0 Å². The Bertz CT molecular complexity index is 818. The summed E-state index contributed by atoms with van der Waals surface area (Å²) in [5.74, 6) is -0.310. The first-order valence-electron chi connectivity index (χ1n) is 6.98. The van der Waals surface area contributed by atoms with Gasteiger partial charge in [-0.1, -0.05) is 23.7 Å². The van der Waals surface area contributed by atoms with Crippen molar-refractivity contribution in [3.8, 4) is 6.07 Å². The smallest absolute Gasteiger partial charge is 0.234 e. The number of nitrogens with one attached hydrogen (secondary N) is 2. The topological polar surface area (TPSA) is 82.0 Å². The molecule has 122 valence electrons. The van der Waals surface area contributed by atoms with Gasteiger partial charge in [-0.2, -0.15) is 5.26 Å². The summed E-state index contributed by atoms with van der Waals surface area (Å²) in [5.41, 5.74) is 1.38. The summed E-state index contributed by atoms with van der Waals surface area (Å²) in [6, 6.07) is 13.9. The maximum Gasteiger partial charge on any atom is 0.234 e. The zero-order chi connectivity index (χ0) is 17.5. The van der Waals surface area contributed by atoms with E-state index in [1.165, 1.54) is 24.8 Å². The van der Waals surface area contributed by atoms with Crippen LogP contribution in [0.3, 0.4) is 0 Å². The van der Waals surface area contributed by atoms with Crippen molar-refractivity contribution in [1.82, 2.24) is 0 Å². The average Bonchev–Trinajstić information content (AvgIpc) is 2.54. The summed E-state index contributed by atoms with van der Waals surface area (Å²) in [5, 5.41) is 14.9. The fourth-order valence-electron chi connectivity index (χ4n) is 1.93. The van der Waals surface area contributed by atoms with Crippen LogP contribution in [0.1, 0.15) is 12.5 Å². The molecule has 2 aromatic rings. The maximum atomic E-state index is 12.1. The number of nitriles is 1. The Morgan fingerprint density at radius 2 is 1.92 bits per heavy atom. The van der Waals surface area contributed by atoms with Crippen molar-refractivity contribution in [1.29, 1.82) is 5.26 Å². The van der Waals surface area contributed by atoms with Crippen molar-refractivity contribution < 1.29 is 9.59 Å². The Hall–Kier alpha value is -2.49. The zero-order valence-electron chi connectivity index (χ0n) is 12.8. The number of halogens is 1. The molecule has 0 saturated carbocycles. The third-order valence-corrected chi connectivity index (χ3v) is 4.24. The van der Waals surface area contributed by atoms with Gasteiger partial charge < -0.3 is 10.6 Å². The van der Waals surface area contributed by atoms with Gasteiger partial charge in [-0.25, -0.2) is 0 Å². The molecule has 0 unspecified atom stereocenters. The zero-order valence-corrected chi connectivity index (χ0v) is 14.4. The van der Waals surface area contributed by atoms with Crippen molar-refractivity contribution in [2.75, 3.05) is 16.4 Å². The number of benzene rings is 2. The van der Waals surface area contributed by atoms with Gasteiger partial charge in [0.15, 0.2) is 0 Å².